The lowest BCUT2D eigenvalue weighted by Crippen LogP contribution is -2.43. The van der Waals surface area contributed by atoms with Crippen LogP contribution in [0.15, 0.2) is 36.8 Å². The molecule has 0 bridgehead atoms. The number of piperidine rings is 1. The lowest BCUT2D eigenvalue weighted by Gasteiger charge is -2.36. The lowest BCUT2D eigenvalue weighted by molar-refractivity contribution is -0.118. The maximum Gasteiger partial charge on any atom is 0.254 e. The van der Waals surface area contributed by atoms with E-state index >= 15 is 0 Å². The van der Waals surface area contributed by atoms with Crippen molar-refractivity contribution in [3.63, 3.8) is 0 Å². The first-order chi connectivity index (χ1) is 18.2. The molecule has 2 aromatic heterocycles. The Morgan fingerprint density at radius 1 is 1.24 bits per heavy atom. The molecule has 38 heavy (non-hydrogen) atoms. The second-order valence-corrected chi connectivity index (χ2v) is 11.4. The Kier molecular flexibility index (Phi) is 6.16. The van der Waals surface area contributed by atoms with Crippen molar-refractivity contribution in [2.75, 3.05) is 11.4 Å². The molecular formula is C28H26Cl2N6O2. The third kappa shape index (κ3) is 4.24. The van der Waals surface area contributed by atoms with Gasteiger partial charge in [-0.05, 0) is 79.8 Å². The van der Waals surface area contributed by atoms with Gasteiger partial charge in [0.2, 0.25) is 5.91 Å². The monoisotopic (exact) mass is 548 g/mol. The number of hydrogen-bond donors (Lipinski definition) is 1. The number of halogens is 2. The van der Waals surface area contributed by atoms with Crippen LogP contribution in [0.25, 0.3) is 0 Å². The Bertz CT molecular complexity index is 1510. The van der Waals surface area contributed by atoms with Crippen molar-refractivity contribution >= 4 is 40.8 Å². The van der Waals surface area contributed by atoms with Gasteiger partial charge >= 0.3 is 0 Å². The number of pyridine rings is 1. The highest BCUT2D eigenvalue weighted by atomic mass is 35.5. The van der Waals surface area contributed by atoms with Crippen molar-refractivity contribution in [2.24, 2.45) is 11.8 Å². The molecule has 2 amide bonds. The largest absolute Gasteiger partial charge is 0.349 e. The van der Waals surface area contributed by atoms with E-state index in [9.17, 15) is 14.9 Å². The zero-order valence-electron chi connectivity index (χ0n) is 21.0. The van der Waals surface area contributed by atoms with E-state index in [1.54, 1.807) is 40.3 Å². The molecule has 1 saturated heterocycles. The summed E-state index contributed by atoms with van der Waals surface area (Å²) in [6, 6.07) is 7.34. The molecule has 6 rings (SSSR count). The fourth-order valence-corrected chi connectivity index (χ4v) is 6.14. The third-order valence-corrected chi connectivity index (χ3v) is 8.91. The molecule has 10 heteroatoms. The fraction of sp³-hybridized carbons (Fsp3) is 0.393. The first-order valence-corrected chi connectivity index (χ1v) is 13.5. The summed E-state index contributed by atoms with van der Waals surface area (Å²) in [5.74, 6) is 1.22. The van der Waals surface area contributed by atoms with E-state index in [4.69, 9.17) is 23.2 Å². The molecular weight excluding hydrogens is 523 g/mol. The summed E-state index contributed by atoms with van der Waals surface area (Å²) in [6.45, 7) is 4.57. The molecule has 0 unspecified atom stereocenters. The highest BCUT2D eigenvalue weighted by molar-refractivity contribution is 6.34. The molecule has 3 atom stereocenters. The van der Waals surface area contributed by atoms with Gasteiger partial charge in [-0.3, -0.25) is 19.2 Å². The highest BCUT2D eigenvalue weighted by Crippen LogP contribution is 2.48. The van der Waals surface area contributed by atoms with Gasteiger partial charge in [0, 0.05) is 35.9 Å². The minimum Gasteiger partial charge on any atom is -0.349 e. The van der Waals surface area contributed by atoms with Crippen LogP contribution in [0.4, 0.5) is 5.82 Å². The number of nitrogens with one attached hydrogen (secondary N) is 1. The molecule has 1 aromatic carbocycles. The zero-order valence-corrected chi connectivity index (χ0v) is 22.5. The summed E-state index contributed by atoms with van der Waals surface area (Å²) < 4.78 is 1.72. The average molecular weight is 549 g/mol. The second kappa shape index (κ2) is 9.40. The van der Waals surface area contributed by atoms with E-state index in [0.29, 0.717) is 39.5 Å². The van der Waals surface area contributed by atoms with E-state index in [1.165, 1.54) is 0 Å². The van der Waals surface area contributed by atoms with Gasteiger partial charge in [-0.2, -0.15) is 10.4 Å². The van der Waals surface area contributed by atoms with E-state index in [1.807, 2.05) is 19.9 Å². The van der Waals surface area contributed by atoms with E-state index in [0.717, 1.165) is 36.0 Å². The van der Waals surface area contributed by atoms with Gasteiger partial charge in [-0.25, -0.2) is 4.98 Å². The van der Waals surface area contributed by atoms with E-state index in [2.05, 4.69) is 21.5 Å². The molecule has 2 aliphatic carbocycles. The number of carbonyl (C=O) groups excluding carboxylic acids is 2. The van der Waals surface area contributed by atoms with Crippen LogP contribution in [-0.2, 0) is 4.79 Å². The van der Waals surface area contributed by atoms with Crippen molar-refractivity contribution in [1.29, 1.82) is 5.26 Å². The third-order valence-electron chi connectivity index (χ3n) is 8.22. The number of nitriles is 1. The minimum absolute atomic E-state index is 0.0240. The van der Waals surface area contributed by atoms with Crippen molar-refractivity contribution in [3.05, 3.63) is 74.7 Å². The minimum atomic E-state index is -0.210. The predicted molar refractivity (Wildman–Crippen MR) is 143 cm³/mol. The van der Waals surface area contributed by atoms with Gasteiger partial charge in [0.25, 0.3) is 5.91 Å². The second-order valence-electron chi connectivity index (χ2n) is 10.6. The first kappa shape index (κ1) is 24.9. The Labute approximate surface area is 230 Å². The lowest BCUT2D eigenvalue weighted by atomic mass is 9.74. The molecule has 1 aliphatic heterocycles. The van der Waals surface area contributed by atoms with Crippen LogP contribution in [-0.4, -0.2) is 39.2 Å². The Balaban J connectivity index is 1.11. The van der Waals surface area contributed by atoms with Crippen LogP contribution in [0.3, 0.4) is 0 Å². The number of aromatic nitrogens is 3. The van der Waals surface area contributed by atoms with Crippen LogP contribution in [0.2, 0.25) is 10.0 Å². The molecule has 1 N–H and O–H groups in total. The maximum absolute atomic E-state index is 12.9. The van der Waals surface area contributed by atoms with Gasteiger partial charge in [0.15, 0.2) is 5.82 Å². The van der Waals surface area contributed by atoms with Gasteiger partial charge in [0.05, 0.1) is 34.5 Å². The van der Waals surface area contributed by atoms with Crippen LogP contribution in [0.1, 0.15) is 70.8 Å². The maximum atomic E-state index is 12.9. The number of amides is 2. The number of rotatable bonds is 6. The first-order valence-electron chi connectivity index (χ1n) is 12.8. The van der Waals surface area contributed by atoms with Gasteiger partial charge in [0.1, 0.15) is 0 Å². The molecule has 0 radical (unpaired) electrons. The highest BCUT2D eigenvalue weighted by Gasteiger charge is 2.53. The summed E-state index contributed by atoms with van der Waals surface area (Å²) in [4.78, 5) is 31.7. The Hall–Kier alpha value is -3.41. The predicted octanol–water partition coefficient (Wildman–Crippen LogP) is 5.03. The zero-order chi connectivity index (χ0) is 26.7. The van der Waals surface area contributed by atoms with Crippen LogP contribution in [0, 0.1) is 30.1 Å². The smallest absolute Gasteiger partial charge is 0.254 e. The van der Waals surface area contributed by atoms with Crippen molar-refractivity contribution in [3.8, 4) is 6.07 Å². The molecule has 3 aromatic rings. The average Bonchev–Trinajstić information content (AvgIpc) is 3.33. The van der Waals surface area contributed by atoms with Crippen LogP contribution in [0.5, 0.6) is 0 Å². The molecule has 3 fully saturated rings. The molecule has 3 aliphatic rings. The number of benzene rings is 1. The SMILES string of the molecule is Cc1c([C@@H](C)n2cc(C(=O)N[C@H]3C[C@@H](c4cc(Cl)ccc4C#N)C3)cn2)cnc(N2C[C@H]3C[C@H]3C2=O)c1Cl. The Morgan fingerprint density at radius 3 is 2.74 bits per heavy atom. The molecule has 0 spiro atoms. The standard InChI is InChI=1S/C28H26Cl2N6O2/c1-14-24(11-32-26(25(14)30)35-12-18-7-23(18)28(35)38)15(2)36-13-19(10-33-36)27(37)34-21-5-17(6-21)22-8-20(29)4-3-16(22)9-31/h3-4,8,10-11,13,15,17-18,21,23H,5-7,12H2,1-2H3,(H,34,37)/t15-,17-,18-,21+,23-/m1/s1. The number of fused-ring (bicyclic) bond motifs is 1. The molecule has 8 nitrogen and oxygen atoms in total. The number of anilines is 1. The van der Waals surface area contributed by atoms with Crippen molar-refractivity contribution in [1.82, 2.24) is 20.1 Å². The van der Waals surface area contributed by atoms with Gasteiger partial charge in [-0.1, -0.05) is 23.2 Å². The van der Waals surface area contributed by atoms with Crippen molar-refractivity contribution in [2.45, 2.75) is 51.1 Å². The fourth-order valence-electron chi connectivity index (χ4n) is 5.70. The van der Waals surface area contributed by atoms with E-state index in [-0.39, 0.29) is 35.7 Å². The van der Waals surface area contributed by atoms with Gasteiger partial charge in [-0.15, -0.1) is 0 Å². The normalized spacial score (nSPS) is 24.4. The summed E-state index contributed by atoms with van der Waals surface area (Å²) in [6.07, 6.45) is 7.51. The number of carbonyl (C=O) groups is 2. The van der Waals surface area contributed by atoms with Crippen LogP contribution < -0.4 is 10.2 Å². The molecule has 194 valence electrons. The topological polar surface area (TPSA) is 104 Å². The quantitative estimate of drug-likeness (QED) is 0.465. The summed E-state index contributed by atoms with van der Waals surface area (Å²) in [5, 5.41) is 18.0. The summed E-state index contributed by atoms with van der Waals surface area (Å²) >= 11 is 12.8. The van der Waals surface area contributed by atoms with E-state index < -0.39 is 0 Å². The van der Waals surface area contributed by atoms with Gasteiger partial charge < -0.3 is 5.32 Å². The molecule has 3 heterocycles. The summed E-state index contributed by atoms with van der Waals surface area (Å²) in [5.41, 5.74) is 3.75. The number of hydrogen-bond acceptors (Lipinski definition) is 5. The van der Waals surface area contributed by atoms with Crippen LogP contribution >= 0.6 is 23.2 Å². The number of nitrogens with zero attached hydrogens (tertiary/aromatic N) is 5. The van der Waals surface area contributed by atoms with Crippen molar-refractivity contribution < 1.29 is 9.59 Å². The molecule has 2 saturated carbocycles. The summed E-state index contributed by atoms with van der Waals surface area (Å²) in [7, 11) is 0. The Morgan fingerprint density at radius 2 is 2.03 bits per heavy atom.